The zero-order valence-electron chi connectivity index (χ0n) is 15.6. The molecule has 2 aromatic heterocycles. The van der Waals surface area contributed by atoms with Gasteiger partial charge >= 0.3 is 0 Å². The molecule has 0 saturated heterocycles. The summed E-state index contributed by atoms with van der Waals surface area (Å²) < 4.78 is 59.5. The average molecular weight is 453 g/mol. The summed E-state index contributed by atoms with van der Waals surface area (Å²) in [6, 6.07) is 12.4. The number of pyridine rings is 1. The third-order valence-electron chi connectivity index (χ3n) is 4.11. The number of aromatic nitrogens is 1. The summed E-state index contributed by atoms with van der Waals surface area (Å²) in [5.74, 6) is 0.558. The maximum Gasteiger partial charge on any atom is 0.250 e. The number of hydrogen-bond acceptors (Lipinski definition) is 7. The molecule has 0 aliphatic rings. The molecule has 0 radical (unpaired) electrons. The number of sulfone groups is 1. The highest BCUT2D eigenvalue weighted by atomic mass is 32.2. The monoisotopic (exact) mass is 452 g/mol. The van der Waals surface area contributed by atoms with Gasteiger partial charge in [-0.15, -0.1) is 11.3 Å². The molecule has 0 spiro atoms. The van der Waals surface area contributed by atoms with Gasteiger partial charge in [0.1, 0.15) is 15.2 Å². The highest BCUT2D eigenvalue weighted by Gasteiger charge is 2.31. The molecule has 1 N–H and O–H groups in total. The Bertz CT molecular complexity index is 1130. The van der Waals surface area contributed by atoms with Crippen LogP contribution in [0.4, 0.5) is 0 Å². The molecule has 2 heterocycles. The number of hydrogen-bond donors (Lipinski definition) is 1. The van der Waals surface area contributed by atoms with E-state index in [-0.39, 0.29) is 15.6 Å². The van der Waals surface area contributed by atoms with Gasteiger partial charge in [0.2, 0.25) is 10.0 Å². The van der Waals surface area contributed by atoms with Crippen LogP contribution in [0.3, 0.4) is 0 Å². The number of benzene rings is 1. The van der Waals surface area contributed by atoms with Crippen LogP contribution in [0.25, 0.3) is 0 Å². The fourth-order valence-electron chi connectivity index (χ4n) is 2.70. The van der Waals surface area contributed by atoms with Crippen molar-refractivity contribution in [2.75, 3.05) is 13.2 Å². The van der Waals surface area contributed by atoms with E-state index in [2.05, 4.69) is 9.71 Å². The van der Waals surface area contributed by atoms with E-state index in [1.165, 1.54) is 30.6 Å². The number of nitrogens with zero attached hydrogens (tertiary/aromatic N) is 1. The van der Waals surface area contributed by atoms with E-state index in [9.17, 15) is 16.8 Å². The van der Waals surface area contributed by atoms with Crippen molar-refractivity contribution in [2.45, 2.75) is 21.3 Å². The third kappa shape index (κ3) is 5.02. The first-order chi connectivity index (χ1) is 13.8. The summed E-state index contributed by atoms with van der Waals surface area (Å²) >= 11 is 1.06. The molecule has 3 rings (SSSR count). The first-order valence-electron chi connectivity index (χ1n) is 8.74. The first-order valence-corrected chi connectivity index (χ1v) is 12.7. The first kappa shape index (κ1) is 21.4. The van der Waals surface area contributed by atoms with Gasteiger partial charge in [-0.3, -0.25) is 4.98 Å². The quantitative estimate of drug-likeness (QED) is 0.535. The molecule has 10 heteroatoms. The van der Waals surface area contributed by atoms with Gasteiger partial charge in [-0.1, -0.05) is 12.1 Å². The minimum absolute atomic E-state index is 0.0742. The number of nitrogens with one attached hydrogen (secondary N) is 1. The van der Waals surface area contributed by atoms with E-state index in [0.717, 1.165) is 11.3 Å². The normalized spacial score (nSPS) is 13.1. The van der Waals surface area contributed by atoms with E-state index >= 15 is 0 Å². The van der Waals surface area contributed by atoms with E-state index < -0.39 is 25.1 Å². The summed E-state index contributed by atoms with van der Waals surface area (Å²) in [5.41, 5.74) is 0.398. The van der Waals surface area contributed by atoms with Crippen molar-refractivity contribution in [2.24, 2.45) is 0 Å². The van der Waals surface area contributed by atoms with E-state index in [0.29, 0.717) is 17.9 Å². The molecule has 7 nitrogen and oxygen atoms in total. The minimum atomic E-state index is -3.90. The topological polar surface area (TPSA) is 102 Å². The second-order valence-corrected chi connectivity index (χ2v) is 11.1. The summed E-state index contributed by atoms with van der Waals surface area (Å²) in [5, 5.41) is 0.507. The fraction of sp³-hybridized carbons (Fsp3) is 0.211. The van der Waals surface area contributed by atoms with Crippen LogP contribution in [-0.4, -0.2) is 35.0 Å². The highest BCUT2D eigenvalue weighted by molar-refractivity contribution is 7.92. The predicted molar refractivity (Wildman–Crippen MR) is 111 cm³/mol. The largest absolute Gasteiger partial charge is 0.494 e. The Labute approximate surface area is 174 Å². The fourth-order valence-corrected chi connectivity index (χ4v) is 6.54. The lowest BCUT2D eigenvalue weighted by Gasteiger charge is -2.19. The van der Waals surface area contributed by atoms with Gasteiger partial charge in [-0.25, -0.2) is 21.6 Å². The number of ether oxygens (including phenoxy) is 1. The van der Waals surface area contributed by atoms with Crippen molar-refractivity contribution in [3.05, 3.63) is 71.9 Å². The van der Waals surface area contributed by atoms with E-state index in [1.54, 1.807) is 35.7 Å². The van der Waals surface area contributed by atoms with Gasteiger partial charge in [0.05, 0.1) is 11.5 Å². The van der Waals surface area contributed by atoms with Crippen molar-refractivity contribution in [1.29, 1.82) is 0 Å². The molecule has 0 bridgehead atoms. The molecule has 0 saturated carbocycles. The Balaban J connectivity index is 1.93. The molecule has 1 aromatic carbocycles. The van der Waals surface area contributed by atoms with Crippen LogP contribution in [0.1, 0.15) is 17.7 Å². The Morgan fingerprint density at radius 1 is 1.07 bits per heavy atom. The molecule has 0 aliphatic heterocycles. The average Bonchev–Trinajstić information content (AvgIpc) is 3.25. The molecule has 0 aliphatic carbocycles. The molecule has 1 atom stereocenters. The summed E-state index contributed by atoms with van der Waals surface area (Å²) in [6.07, 6.45) is 2.95. The minimum Gasteiger partial charge on any atom is -0.494 e. The van der Waals surface area contributed by atoms with Gasteiger partial charge in [0.15, 0.2) is 9.84 Å². The maximum absolute atomic E-state index is 13.3. The van der Waals surface area contributed by atoms with Gasteiger partial charge in [-0.2, -0.15) is 0 Å². The molecular weight excluding hydrogens is 432 g/mol. The van der Waals surface area contributed by atoms with Crippen LogP contribution in [0.5, 0.6) is 5.75 Å². The molecule has 0 fully saturated rings. The SMILES string of the molecule is CCOc1ccc(S(=O)(=O)C(CNS(=O)(=O)c2cccs2)c2cccnc2)cc1. The lowest BCUT2D eigenvalue weighted by Crippen LogP contribution is -2.31. The predicted octanol–water partition coefficient (Wildman–Crippen LogP) is 3.04. The van der Waals surface area contributed by atoms with Gasteiger partial charge in [0, 0.05) is 18.9 Å². The Morgan fingerprint density at radius 3 is 2.41 bits per heavy atom. The standard InChI is InChI=1S/C19H20N2O5S3/c1-2-26-16-7-9-17(10-8-16)28(22,23)18(15-5-3-11-20-13-15)14-21-29(24,25)19-6-4-12-27-19/h3-13,18,21H,2,14H2,1H3. The molecule has 29 heavy (non-hydrogen) atoms. The summed E-state index contributed by atoms with van der Waals surface area (Å²) in [4.78, 5) is 4.06. The Hall–Kier alpha value is -2.27. The van der Waals surface area contributed by atoms with E-state index in [4.69, 9.17) is 4.74 Å². The second-order valence-electron chi connectivity index (χ2n) is 6.01. The lowest BCUT2D eigenvalue weighted by molar-refractivity contribution is 0.340. The number of rotatable bonds is 9. The van der Waals surface area contributed by atoms with Gasteiger partial charge in [-0.05, 0) is 54.3 Å². The Kier molecular flexibility index (Phi) is 6.68. The van der Waals surface area contributed by atoms with Crippen molar-refractivity contribution in [3.8, 4) is 5.75 Å². The van der Waals surface area contributed by atoms with Crippen molar-refractivity contribution >= 4 is 31.2 Å². The lowest BCUT2D eigenvalue weighted by atomic mass is 10.2. The van der Waals surface area contributed by atoms with Crippen LogP contribution < -0.4 is 9.46 Å². The van der Waals surface area contributed by atoms with Crippen LogP contribution >= 0.6 is 11.3 Å². The second kappa shape index (κ2) is 9.04. The molecule has 3 aromatic rings. The molecule has 154 valence electrons. The van der Waals surface area contributed by atoms with Crippen LogP contribution in [0.15, 0.2) is 75.4 Å². The highest BCUT2D eigenvalue weighted by Crippen LogP contribution is 2.30. The van der Waals surface area contributed by atoms with Crippen molar-refractivity contribution in [1.82, 2.24) is 9.71 Å². The van der Waals surface area contributed by atoms with Crippen LogP contribution in [0, 0.1) is 0 Å². The van der Waals surface area contributed by atoms with Crippen LogP contribution in [0.2, 0.25) is 0 Å². The Morgan fingerprint density at radius 2 is 1.83 bits per heavy atom. The molecule has 0 amide bonds. The smallest absolute Gasteiger partial charge is 0.250 e. The van der Waals surface area contributed by atoms with Gasteiger partial charge in [0.25, 0.3) is 0 Å². The van der Waals surface area contributed by atoms with E-state index in [1.807, 2.05) is 6.92 Å². The van der Waals surface area contributed by atoms with Gasteiger partial charge < -0.3 is 4.74 Å². The zero-order valence-corrected chi connectivity index (χ0v) is 18.0. The zero-order chi connectivity index (χ0) is 20.9. The third-order valence-corrected chi connectivity index (χ3v) is 9.05. The van der Waals surface area contributed by atoms with Crippen LogP contribution in [-0.2, 0) is 19.9 Å². The van der Waals surface area contributed by atoms with Crippen molar-refractivity contribution < 1.29 is 21.6 Å². The number of thiophene rings is 1. The molecule has 1 unspecified atom stereocenters. The van der Waals surface area contributed by atoms with Crippen molar-refractivity contribution in [3.63, 3.8) is 0 Å². The molecular formula is C19H20N2O5S3. The number of sulfonamides is 1. The maximum atomic E-state index is 13.3. The summed E-state index contributed by atoms with van der Waals surface area (Å²) in [7, 11) is -7.71. The summed E-state index contributed by atoms with van der Waals surface area (Å²) in [6.45, 7) is 1.99.